The molecule has 0 radical (unpaired) electrons. The number of hydrogen-bond donors (Lipinski definition) is 1. The maximum absolute atomic E-state index is 4.83. The van der Waals surface area contributed by atoms with Gasteiger partial charge < -0.3 is 5.32 Å². The SMILES string of the molecule is CCNc1nc(-c2ccc(CC)cc2)nc2c1CCCC2. The minimum Gasteiger partial charge on any atom is -0.370 e. The van der Waals surface area contributed by atoms with Crippen molar-refractivity contribution in [3.05, 3.63) is 41.1 Å². The summed E-state index contributed by atoms with van der Waals surface area (Å²) < 4.78 is 0. The van der Waals surface area contributed by atoms with Gasteiger partial charge in [0.1, 0.15) is 5.82 Å². The van der Waals surface area contributed by atoms with E-state index < -0.39 is 0 Å². The molecule has 0 saturated carbocycles. The first kappa shape index (κ1) is 14.1. The van der Waals surface area contributed by atoms with Crippen LogP contribution < -0.4 is 5.32 Å². The fourth-order valence-electron chi connectivity index (χ4n) is 2.93. The van der Waals surface area contributed by atoms with Gasteiger partial charge >= 0.3 is 0 Å². The van der Waals surface area contributed by atoms with Crippen molar-refractivity contribution in [2.24, 2.45) is 0 Å². The third-order valence-electron chi connectivity index (χ3n) is 4.15. The lowest BCUT2D eigenvalue weighted by atomic mass is 9.96. The van der Waals surface area contributed by atoms with E-state index in [0.717, 1.165) is 43.0 Å². The molecule has 1 aromatic carbocycles. The van der Waals surface area contributed by atoms with Crippen LogP contribution in [0, 0.1) is 0 Å². The molecule has 1 aliphatic rings. The van der Waals surface area contributed by atoms with Crippen LogP contribution in [0.5, 0.6) is 0 Å². The Morgan fingerprint density at radius 2 is 1.76 bits per heavy atom. The van der Waals surface area contributed by atoms with Gasteiger partial charge in [-0.1, -0.05) is 31.2 Å². The summed E-state index contributed by atoms with van der Waals surface area (Å²) in [5.74, 6) is 1.89. The third-order valence-corrected chi connectivity index (χ3v) is 4.15. The Morgan fingerprint density at radius 3 is 2.48 bits per heavy atom. The summed E-state index contributed by atoms with van der Waals surface area (Å²) in [6, 6.07) is 8.62. The second kappa shape index (κ2) is 6.25. The first-order chi connectivity index (χ1) is 10.3. The average molecular weight is 281 g/mol. The van der Waals surface area contributed by atoms with Crippen molar-refractivity contribution < 1.29 is 0 Å². The predicted octanol–water partition coefficient (Wildman–Crippen LogP) is 4.02. The maximum atomic E-state index is 4.83. The summed E-state index contributed by atoms with van der Waals surface area (Å²) in [7, 11) is 0. The quantitative estimate of drug-likeness (QED) is 0.920. The Labute approximate surface area is 126 Å². The minimum absolute atomic E-state index is 0.856. The standard InChI is InChI=1S/C18H23N3/c1-3-13-9-11-14(12-10-13)17-20-16-8-6-5-7-15(16)18(21-17)19-4-2/h9-12H,3-8H2,1-2H3,(H,19,20,21). The number of aryl methyl sites for hydroxylation is 2. The number of nitrogens with zero attached hydrogens (tertiary/aromatic N) is 2. The van der Waals surface area contributed by atoms with Crippen LogP contribution in [-0.4, -0.2) is 16.5 Å². The lowest BCUT2D eigenvalue weighted by Crippen LogP contribution is -2.13. The number of benzene rings is 1. The highest BCUT2D eigenvalue weighted by Gasteiger charge is 2.18. The monoisotopic (exact) mass is 281 g/mol. The van der Waals surface area contributed by atoms with Crippen molar-refractivity contribution in [2.75, 3.05) is 11.9 Å². The van der Waals surface area contributed by atoms with Crippen LogP contribution in [0.3, 0.4) is 0 Å². The van der Waals surface area contributed by atoms with E-state index in [1.807, 2.05) is 0 Å². The normalized spacial score (nSPS) is 13.8. The Kier molecular flexibility index (Phi) is 4.18. The topological polar surface area (TPSA) is 37.8 Å². The summed E-state index contributed by atoms with van der Waals surface area (Å²) in [6.45, 7) is 5.19. The van der Waals surface area contributed by atoms with Gasteiger partial charge in [-0.3, -0.25) is 0 Å². The number of hydrogen-bond acceptors (Lipinski definition) is 3. The Hall–Kier alpha value is -1.90. The summed E-state index contributed by atoms with van der Waals surface area (Å²) in [5.41, 5.74) is 5.03. The van der Waals surface area contributed by atoms with Crippen LogP contribution >= 0.6 is 0 Å². The zero-order valence-electron chi connectivity index (χ0n) is 12.9. The molecule has 3 rings (SSSR count). The smallest absolute Gasteiger partial charge is 0.161 e. The highest BCUT2D eigenvalue weighted by Crippen LogP contribution is 2.28. The maximum Gasteiger partial charge on any atom is 0.161 e. The zero-order chi connectivity index (χ0) is 14.7. The van der Waals surface area contributed by atoms with Crippen molar-refractivity contribution in [1.29, 1.82) is 0 Å². The Balaban J connectivity index is 2.03. The van der Waals surface area contributed by atoms with Gasteiger partial charge in [0.25, 0.3) is 0 Å². The summed E-state index contributed by atoms with van der Waals surface area (Å²) in [4.78, 5) is 9.61. The van der Waals surface area contributed by atoms with Crippen LogP contribution in [-0.2, 0) is 19.3 Å². The Morgan fingerprint density at radius 1 is 1.00 bits per heavy atom. The van der Waals surface area contributed by atoms with E-state index in [1.165, 1.54) is 29.7 Å². The third kappa shape index (κ3) is 2.92. The molecule has 110 valence electrons. The van der Waals surface area contributed by atoms with Crippen LogP contribution in [0.2, 0.25) is 0 Å². The zero-order valence-corrected chi connectivity index (χ0v) is 12.9. The fourth-order valence-corrected chi connectivity index (χ4v) is 2.93. The lowest BCUT2D eigenvalue weighted by Gasteiger charge is -2.19. The molecule has 3 heteroatoms. The van der Waals surface area contributed by atoms with Gasteiger partial charge in [-0.05, 0) is 44.6 Å². The Bertz CT molecular complexity index is 617. The van der Waals surface area contributed by atoms with E-state index in [2.05, 4.69) is 43.4 Å². The van der Waals surface area contributed by atoms with Gasteiger partial charge in [0.15, 0.2) is 5.82 Å². The van der Waals surface area contributed by atoms with Crippen LogP contribution in [0.25, 0.3) is 11.4 Å². The molecule has 1 aliphatic carbocycles. The molecule has 0 atom stereocenters. The summed E-state index contributed by atoms with van der Waals surface area (Å²) >= 11 is 0. The van der Waals surface area contributed by atoms with E-state index in [1.54, 1.807) is 0 Å². The van der Waals surface area contributed by atoms with Gasteiger partial charge in [-0.2, -0.15) is 0 Å². The molecule has 3 nitrogen and oxygen atoms in total. The molecule has 0 unspecified atom stereocenters. The number of fused-ring (bicyclic) bond motifs is 1. The molecule has 0 bridgehead atoms. The highest BCUT2D eigenvalue weighted by atomic mass is 15.0. The first-order valence-electron chi connectivity index (χ1n) is 8.04. The van der Waals surface area contributed by atoms with E-state index in [0.29, 0.717) is 0 Å². The average Bonchev–Trinajstić information content (AvgIpc) is 2.55. The van der Waals surface area contributed by atoms with Crippen LogP contribution in [0.1, 0.15) is 43.5 Å². The van der Waals surface area contributed by atoms with E-state index in [-0.39, 0.29) is 0 Å². The lowest BCUT2D eigenvalue weighted by molar-refractivity contribution is 0.665. The molecular weight excluding hydrogens is 258 g/mol. The van der Waals surface area contributed by atoms with E-state index >= 15 is 0 Å². The predicted molar refractivity (Wildman–Crippen MR) is 87.7 cm³/mol. The molecule has 1 heterocycles. The van der Waals surface area contributed by atoms with Gasteiger partial charge in [-0.15, -0.1) is 0 Å². The second-order valence-corrected chi connectivity index (χ2v) is 5.61. The van der Waals surface area contributed by atoms with E-state index in [9.17, 15) is 0 Å². The fraction of sp³-hybridized carbons (Fsp3) is 0.444. The first-order valence-corrected chi connectivity index (χ1v) is 8.04. The number of nitrogens with one attached hydrogen (secondary N) is 1. The summed E-state index contributed by atoms with van der Waals surface area (Å²) in [6.07, 6.45) is 5.74. The molecule has 0 spiro atoms. The molecule has 2 aromatic rings. The molecule has 0 saturated heterocycles. The van der Waals surface area contributed by atoms with Gasteiger partial charge in [0.2, 0.25) is 0 Å². The molecular formula is C18H23N3. The molecule has 0 fully saturated rings. The molecule has 0 aliphatic heterocycles. The highest BCUT2D eigenvalue weighted by molar-refractivity contribution is 5.60. The summed E-state index contributed by atoms with van der Waals surface area (Å²) in [5, 5.41) is 3.42. The van der Waals surface area contributed by atoms with Gasteiger partial charge in [-0.25, -0.2) is 9.97 Å². The molecule has 21 heavy (non-hydrogen) atoms. The van der Waals surface area contributed by atoms with Crippen molar-refractivity contribution in [1.82, 2.24) is 9.97 Å². The number of aromatic nitrogens is 2. The second-order valence-electron chi connectivity index (χ2n) is 5.61. The van der Waals surface area contributed by atoms with Gasteiger partial charge in [0.05, 0.1) is 0 Å². The molecule has 1 aromatic heterocycles. The van der Waals surface area contributed by atoms with Gasteiger partial charge in [0, 0.05) is 23.4 Å². The van der Waals surface area contributed by atoms with Crippen molar-refractivity contribution in [2.45, 2.75) is 46.0 Å². The minimum atomic E-state index is 0.856. The van der Waals surface area contributed by atoms with Crippen molar-refractivity contribution >= 4 is 5.82 Å². The number of rotatable bonds is 4. The van der Waals surface area contributed by atoms with E-state index in [4.69, 9.17) is 9.97 Å². The van der Waals surface area contributed by atoms with Crippen molar-refractivity contribution in [3.63, 3.8) is 0 Å². The van der Waals surface area contributed by atoms with Crippen molar-refractivity contribution in [3.8, 4) is 11.4 Å². The number of anilines is 1. The largest absolute Gasteiger partial charge is 0.370 e. The van der Waals surface area contributed by atoms with Crippen LogP contribution in [0.15, 0.2) is 24.3 Å². The van der Waals surface area contributed by atoms with Crippen LogP contribution in [0.4, 0.5) is 5.82 Å². The molecule has 0 amide bonds. The molecule has 1 N–H and O–H groups in total.